The minimum atomic E-state index is -0.0781. The lowest BCUT2D eigenvalue weighted by Crippen LogP contribution is -2.42. The number of rotatable bonds is 5. The number of hydrogen-bond acceptors (Lipinski definition) is 3. The molecule has 0 radical (unpaired) electrons. The van der Waals surface area contributed by atoms with Crippen LogP contribution in [0.2, 0.25) is 5.02 Å². The van der Waals surface area contributed by atoms with Gasteiger partial charge in [-0.05, 0) is 30.5 Å². The first kappa shape index (κ1) is 16.1. The van der Waals surface area contributed by atoms with E-state index in [4.69, 9.17) is 11.6 Å². The molecule has 4 nitrogen and oxygen atoms in total. The minimum Gasteiger partial charge on any atom is -0.359 e. The lowest BCUT2D eigenvalue weighted by atomic mass is 10.1. The van der Waals surface area contributed by atoms with E-state index < -0.39 is 0 Å². The first-order valence-corrected chi connectivity index (χ1v) is 7.90. The van der Waals surface area contributed by atoms with Gasteiger partial charge in [0.2, 0.25) is 5.91 Å². The predicted octanol–water partition coefficient (Wildman–Crippen LogP) is 2.55. The number of carbonyl (C=O) groups excluding carboxylic acids is 1. The maximum absolute atomic E-state index is 11.9. The number of nitrogens with zero attached hydrogens (tertiary/aromatic N) is 1. The van der Waals surface area contributed by atoms with Gasteiger partial charge in [0.15, 0.2) is 0 Å². The average Bonchev–Trinajstić information content (AvgIpc) is 2.94. The molecule has 1 heterocycles. The highest BCUT2D eigenvalue weighted by molar-refractivity contribution is 6.31. The third-order valence-electron chi connectivity index (χ3n) is 3.87. The molecule has 1 unspecified atom stereocenters. The number of nitrogens with one attached hydrogen (secondary N) is 2. The van der Waals surface area contributed by atoms with Crippen molar-refractivity contribution in [2.45, 2.75) is 45.3 Å². The molecule has 0 saturated carbocycles. The van der Waals surface area contributed by atoms with E-state index in [2.05, 4.69) is 35.4 Å². The zero-order valence-corrected chi connectivity index (χ0v) is 13.7. The van der Waals surface area contributed by atoms with Crippen molar-refractivity contribution in [3.8, 4) is 0 Å². The normalized spacial score (nSPS) is 18.3. The molecule has 1 aliphatic heterocycles. The van der Waals surface area contributed by atoms with Crippen LogP contribution in [-0.2, 0) is 11.3 Å². The molecule has 116 valence electrons. The van der Waals surface area contributed by atoms with Crippen molar-refractivity contribution in [1.29, 1.82) is 0 Å². The number of benzene rings is 1. The first-order valence-electron chi connectivity index (χ1n) is 7.53. The van der Waals surface area contributed by atoms with Crippen LogP contribution in [0.25, 0.3) is 0 Å². The Kier molecular flexibility index (Phi) is 5.48. The number of hydrogen-bond donors (Lipinski definition) is 2. The van der Waals surface area contributed by atoms with Crippen LogP contribution in [0.15, 0.2) is 18.2 Å². The fraction of sp³-hybridized carbons (Fsp3) is 0.562. The third kappa shape index (κ3) is 3.89. The van der Waals surface area contributed by atoms with Crippen molar-refractivity contribution < 1.29 is 4.79 Å². The van der Waals surface area contributed by atoms with Crippen molar-refractivity contribution in [1.82, 2.24) is 10.6 Å². The van der Waals surface area contributed by atoms with E-state index in [1.54, 1.807) is 7.05 Å². The van der Waals surface area contributed by atoms with E-state index in [0.717, 1.165) is 42.2 Å². The summed E-state index contributed by atoms with van der Waals surface area (Å²) in [5, 5.41) is 6.86. The van der Waals surface area contributed by atoms with Crippen LogP contribution >= 0.6 is 11.6 Å². The number of amides is 1. The Morgan fingerprint density at radius 3 is 2.86 bits per heavy atom. The van der Waals surface area contributed by atoms with E-state index in [1.165, 1.54) is 0 Å². The molecule has 0 bridgehead atoms. The number of carbonyl (C=O) groups is 1. The van der Waals surface area contributed by atoms with Gasteiger partial charge in [-0.3, -0.25) is 4.79 Å². The predicted molar refractivity (Wildman–Crippen MR) is 87.9 cm³/mol. The first-order chi connectivity index (χ1) is 10.0. The van der Waals surface area contributed by atoms with Gasteiger partial charge in [0.25, 0.3) is 0 Å². The number of halogens is 1. The molecule has 1 aromatic rings. The third-order valence-corrected chi connectivity index (χ3v) is 4.22. The van der Waals surface area contributed by atoms with Crippen LogP contribution in [-0.4, -0.2) is 31.6 Å². The zero-order chi connectivity index (χ0) is 15.4. The molecule has 21 heavy (non-hydrogen) atoms. The smallest absolute Gasteiger partial charge is 0.242 e. The molecular formula is C16H24ClN3O. The van der Waals surface area contributed by atoms with Crippen molar-refractivity contribution in [2.75, 3.05) is 18.5 Å². The quantitative estimate of drug-likeness (QED) is 0.878. The summed E-state index contributed by atoms with van der Waals surface area (Å²) in [6.45, 7) is 5.88. The van der Waals surface area contributed by atoms with Crippen LogP contribution in [0, 0.1) is 0 Å². The molecule has 5 heteroatoms. The van der Waals surface area contributed by atoms with E-state index in [0.29, 0.717) is 6.04 Å². The van der Waals surface area contributed by atoms with E-state index in [9.17, 15) is 4.79 Å². The SMILES string of the molecule is CNC(=O)C1CCCN1c1ccc(CNC(C)C)c(Cl)c1. The van der Waals surface area contributed by atoms with E-state index in [-0.39, 0.29) is 11.9 Å². The summed E-state index contributed by atoms with van der Waals surface area (Å²) in [4.78, 5) is 14.1. The lowest BCUT2D eigenvalue weighted by Gasteiger charge is -2.26. The summed E-state index contributed by atoms with van der Waals surface area (Å²) in [6.07, 6.45) is 1.93. The summed E-state index contributed by atoms with van der Waals surface area (Å²) in [5.41, 5.74) is 2.12. The van der Waals surface area contributed by atoms with Gasteiger partial charge in [0, 0.05) is 36.9 Å². The summed E-state index contributed by atoms with van der Waals surface area (Å²) < 4.78 is 0. The molecule has 0 aromatic heterocycles. The van der Waals surface area contributed by atoms with Crippen LogP contribution in [0.3, 0.4) is 0 Å². The molecule has 1 aromatic carbocycles. The minimum absolute atomic E-state index is 0.0779. The summed E-state index contributed by atoms with van der Waals surface area (Å²) in [5.74, 6) is 0.0779. The zero-order valence-electron chi connectivity index (χ0n) is 12.9. The van der Waals surface area contributed by atoms with Crippen LogP contribution in [0.1, 0.15) is 32.3 Å². The highest BCUT2D eigenvalue weighted by Gasteiger charge is 2.30. The Balaban J connectivity index is 2.13. The second kappa shape index (κ2) is 7.14. The van der Waals surface area contributed by atoms with Gasteiger partial charge < -0.3 is 15.5 Å². The maximum atomic E-state index is 11.9. The van der Waals surface area contributed by atoms with Gasteiger partial charge >= 0.3 is 0 Å². The van der Waals surface area contributed by atoms with Gasteiger partial charge in [0.05, 0.1) is 0 Å². The van der Waals surface area contributed by atoms with Crippen molar-refractivity contribution in [2.24, 2.45) is 0 Å². The highest BCUT2D eigenvalue weighted by atomic mass is 35.5. The molecule has 1 atom stereocenters. The summed E-state index contributed by atoms with van der Waals surface area (Å²) >= 11 is 6.39. The molecule has 0 aliphatic carbocycles. The fourth-order valence-corrected chi connectivity index (χ4v) is 2.93. The van der Waals surface area contributed by atoms with Crippen molar-refractivity contribution in [3.05, 3.63) is 28.8 Å². The largest absolute Gasteiger partial charge is 0.359 e. The number of likely N-dealkylation sites (N-methyl/N-ethyl adjacent to an activating group) is 1. The standard InChI is InChI=1S/C16H24ClN3O/c1-11(2)19-10-12-6-7-13(9-14(12)17)20-8-4-5-15(20)16(21)18-3/h6-7,9,11,15,19H,4-5,8,10H2,1-3H3,(H,18,21). The summed E-state index contributed by atoms with van der Waals surface area (Å²) in [6, 6.07) is 6.43. The molecule has 1 aliphatic rings. The van der Waals surface area contributed by atoms with Gasteiger partial charge in [0.1, 0.15) is 6.04 Å². The molecule has 1 fully saturated rings. The van der Waals surface area contributed by atoms with Gasteiger partial charge in [-0.25, -0.2) is 0 Å². The maximum Gasteiger partial charge on any atom is 0.242 e. The van der Waals surface area contributed by atoms with E-state index in [1.807, 2.05) is 12.1 Å². The van der Waals surface area contributed by atoms with Gasteiger partial charge in [-0.15, -0.1) is 0 Å². The Bertz CT molecular complexity index is 504. The molecule has 1 saturated heterocycles. The Morgan fingerprint density at radius 2 is 2.24 bits per heavy atom. The number of anilines is 1. The monoisotopic (exact) mass is 309 g/mol. The molecule has 0 spiro atoms. The van der Waals surface area contributed by atoms with Crippen LogP contribution in [0.4, 0.5) is 5.69 Å². The van der Waals surface area contributed by atoms with Crippen LogP contribution < -0.4 is 15.5 Å². The van der Waals surface area contributed by atoms with Gasteiger partial charge in [-0.1, -0.05) is 31.5 Å². The van der Waals surface area contributed by atoms with Crippen LogP contribution in [0.5, 0.6) is 0 Å². The van der Waals surface area contributed by atoms with Crippen molar-refractivity contribution in [3.63, 3.8) is 0 Å². The fourth-order valence-electron chi connectivity index (χ4n) is 2.69. The second-order valence-corrected chi connectivity index (χ2v) is 6.18. The second-order valence-electron chi connectivity index (χ2n) is 5.78. The lowest BCUT2D eigenvalue weighted by molar-refractivity contribution is -0.121. The topological polar surface area (TPSA) is 44.4 Å². The molecular weight excluding hydrogens is 286 g/mol. The Labute approximate surface area is 131 Å². The molecule has 1 amide bonds. The highest BCUT2D eigenvalue weighted by Crippen LogP contribution is 2.29. The van der Waals surface area contributed by atoms with E-state index >= 15 is 0 Å². The Morgan fingerprint density at radius 1 is 1.48 bits per heavy atom. The molecule has 2 rings (SSSR count). The Hall–Kier alpha value is -1.26. The van der Waals surface area contributed by atoms with Crippen molar-refractivity contribution >= 4 is 23.2 Å². The van der Waals surface area contributed by atoms with Gasteiger partial charge in [-0.2, -0.15) is 0 Å². The summed E-state index contributed by atoms with van der Waals surface area (Å²) in [7, 11) is 1.69. The molecule has 2 N–H and O–H groups in total. The average molecular weight is 310 g/mol.